The zero-order valence-corrected chi connectivity index (χ0v) is 9.40. The van der Waals surface area contributed by atoms with Crippen LogP contribution in [0.3, 0.4) is 0 Å². The van der Waals surface area contributed by atoms with Crippen LogP contribution in [0.25, 0.3) is 0 Å². The van der Waals surface area contributed by atoms with Crippen molar-refractivity contribution in [3.8, 4) is 0 Å². The molecule has 2 bridgehead atoms. The maximum atomic E-state index is 11.9. The summed E-state index contributed by atoms with van der Waals surface area (Å²) < 4.78 is 10.9. The molecule has 4 heteroatoms. The van der Waals surface area contributed by atoms with Crippen molar-refractivity contribution in [3.63, 3.8) is 0 Å². The largest absolute Gasteiger partial charge is 0.444 e. The van der Waals surface area contributed by atoms with Crippen molar-refractivity contribution in [1.29, 1.82) is 0 Å². The molecule has 0 aliphatic carbocycles. The predicted molar refractivity (Wildman–Crippen MR) is 53.5 cm³/mol. The third-order valence-electron chi connectivity index (χ3n) is 3.40. The van der Waals surface area contributed by atoms with Crippen LogP contribution in [-0.4, -0.2) is 40.9 Å². The quantitative estimate of drug-likeness (QED) is 0.571. The molecule has 3 aliphatic heterocycles. The van der Waals surface area contributed by atoms with Gasteiger partial charge in [0.25, 0.3) is 0 Å². The van der Waals surface area contributed by atoms with Gasteiger partial charge in [0.05, 0.1) is 12.1 Å². The summed E-state index contributed by atoms with van der Waals surface area (Å²) >= 11 is 0. The number of morpholine rings is 1. The van der Waals surface area contributed by atoms with Gasteiger partial charge in [0, 0.05) is 0 Å². The normalized spacial score (nSPS) is 41.7. The lowest BCUT2D eigenvalue weighted by molar-refractivity contribution is 0.0107. The number of carbonyl (C=O) groups is 1. The molecule has 0 N–H and O–H groups in total. The Morgan fingerprint density at radius 1 is 1.27 bits per heavy atom. The summed E-state index contributed by atoms with van der Waals surface area (Å²) in [6.45, 7) is 5.71. The highest BCUT2D eigenvalue weighted by atomic mass is 16.6. The van der Waals surface area contributed by atoms with Crippen LogP contribution < -0.4 is 0 Å². The van der Waals surface area contributed by atoms with E-state index in [1.165, 1.54) is 0 Å². The monoisotopic (exact) mass is 211 g/mol. The van der Waals surface area contributed by atoms with Gasteiger partial charge >= 0.3 is 6.09 Å². The van der Waals surface area contributed by atoms with Crippen molar-refractivity contribution in [2.45, 2.75) is 63.5 Å². The van der Waals surface area contributed by atoms with Crippen molar-refractivity contribution in [1.82, 2.24) is 4.90 Å². The Balaban J connectivity index is 1.71. The number of ether oxygens (including phenoxy) is 2. The summed E-state index contributed by atoms with van der Waals surface area (Å²) in [6.07, 6.45) is 2.62. The van der Waals surface area contributed by atoms with Gasteiger partial charge < -0.3 is 9.47 Å². The van der Waals surface area contributed by atoms with Crippen LogP contribution in [-0.2, 0) is 9.47 Å². The van der Waals surface area contributed by atoms with Gasteiger partial charge in [-0.1, -0.05) is 0 Å². The van der Waals surface area contributed by atoms with Gasteiger partial charge in [0.1, 0.15) is 17.8 Å². The van der Waals surface area contributed by atoms with E-state index in [1.807, 2.05) is 25.7 Å². The number of epoxide rings is 1. The van der Waals surface area contributed by atoms with Gasteiger partial charge in [-0.25, -0.2) is 4.79 Å². The number of hydrogen-bond acceptors (Lipinski definition) is 3. The maximum Gasteiger partial charge on any atom is 0.410 e. The van der Waals surface area contributed by atoms with Crippen molar-refractivity contribution in [3.05, 3.63) is 0 Å². The van der Waals surface area contributed by atoms with Crippen LogP contribution in [0.15, 0.2) is 0 Å². The summed E-state index contributed by atoms with van der Waals surface area (Å²) in [4.78, 5) is 13.8. The van der Waals surface area contributed by atoms with E-state index in [-0.39, 0.29) is 18.2 Å². The fourth-order valence-corrected chi connectivity index (χ4v) is 2.85. The molecule has 3 rings (SSSR count). The Labute approximate surface area is 89.5 Å². The minimum Gasteiger partial charge on any atom is -0.444 e. The molecule has 0 aromatic carbocycles. The van der Waals surface area contributed by atoms with Crippen molar-refractivity contribution in [2.75, 3.05) is 0 Å². The molecule has 3 fully saturated rings. The first-order valence-electron chi connectivity index (χ1n) is 5.64. The van der Waals surface area contributed by atoms with Gasteiger partial charge in [-0.05, 0) is 33.6 Å². The van der Waals surface area contributed by atoms with Gasteiger partial charge in [-0.2, -0.15) is 0 Å². The minimum absolute atomic E-state index is 0.161. The molecule has 4 nitrogen and oxygen atoms in total. The van der Waals surface area contributed by atoms with Crippen LogP contribution >= 0.6 is 0 Å². The molecule has 3 aliphatic rings. The van der Waals surface area contributed by atoms with E-state index in [4.69, 9.17) is 9.47 Å². The summed E-state index contributed by atoms with van der Waals surface area (Å²) in [5, 5.41) is 0. The molecule has 15 heavy (non-hydrogen) atoms. The molecule has 4 unspecified atom stereocenters. The van der Waals surface area contributed by atoms with Gasteiger partial charge in [-0.15, -0.1) is 0 Å². The fraction of sp³-hybridized carbons (Fsp3) is 0.909. The first kappa shape index (κ1) is 9.46. The molecule has 3 heterocycles. The highest BCUT2D eigenvalue weighted by Gasteiger charge is 2.66. The Kier molecular flexibility index (Phi) is 1.68. The molecule has 0 aromatic rings. The molecule has 0 aromatic heterocycles. The third kappa shape index (κ3) is 1.34. The van der Waals surface area contributed by atoms with E-state index in [9.17, 15) is 4.79 Å². The average Bonchev–Trinajstić information content (AvgIpc) is 2.71. The SMILES string of the molecule is CC(C)(C)OC(=O)N1C2CCC1C1OC12. The first-order valence-corrected chi connectivity index (χ1v) is 5.64. The van der Waals surface area contributed by atoms with Crippen LogP contribution in [0.1, 0.15) is 33.6 Å². The number of hydrogen-bond donors (Lipinski definition) is 0. The molecule has 0 radical (unpaired) electrons. The third-order valence-corrected chi connectivity index (χ3v) is 3.40. The second kappa shape index (κ2) is 2.67. The summed E-state index contributed by atoms with van der Waals surface area (Å²) in [5.74, 6) is 0. The van der Waals surface area contributed by atoms with Crippen molar-refractivity contribution in [2.24, 2.45) is 0 Å². The highest BCUT2D eigenvalue weighted by molar-refractivity contribution is 5.71. The second-order valence-electron chi connectivity index (χ2n) is 5.66. The average molecular weight is 211 g/mol. The molecule has 84 valence electrons. The highest BCUT2D eigenvalue weighted by Crippen LogP contribution is 2.50. The zero-order chi connectivity index (χ0) is 10.8. The first-order chi connectivity index (χ1) is 6.97. The smallest absolute Gasteiger partial charge is 0.410 e. The molecular weight excluding hydrogens is 194 g/mol. The lowest BCUT2D eigenvalue weighted by atomic mass is 10.0. The zero-order valence-electron chi connectivity index (χ0n) is 9.40. The molecule has 3 saturated heterocycles. The molecule has 0 spiro atoms. The van der Waals surface area contributed by atoms with Gasteiger partial charge in [0.15, 0.2) is 0 Å². The van der Waals surface area contributed by atoms with E-state index in [0.29, 0.717) is 12.2 Å². The Morgan fingerprint density at radius 3 is 2.27 bits per heavy atom. The van der Waals surface area contributed by atoms with Crippen LogP contribution in [0.2, 0.25) is 0 Å². The van der Waals surface area contributed by atoms with Gasteiger partial charge in [-0.3, -0.25) is 4.90 Å². The molecular formula is C11H17NO3. The summed E-state index contributed by atoms with van der Waals surface area (Å²) in [6, 6.07) is 0.574. The standard InChI is InChI=1S/C11H17NO3/c1-11(2,3)15-10(13)12-6-4-5-7(12)9-8(6)14-9/h6-9H,4-5H2,1-3H3. The number of amides is 1. The maximum absolute atomic E-state index is 11.9. The van der Waals surface area contributed by atoms with E-state index < -0.39 is 5.60 Å². The second-order valence-corrected chi connectivity index (χ2v) is 5.66. The van der Waals surface area contributed by atoms with Crippen LogP contribution in [0, 0.1) is 0 Å². The van der Waals surface area contributed by atoms with E-state index in [1.54, 1.807) is 0 Å². The number of nitrogens with zero attached hydrogens (tertiary/aromatic N) is 1. The summed E-state index contributed by atoms with van der Waals surface area (Å²) in [5.41, 5.74) is -0.399. The number of carbonyl (C=O) groups excluding carboxylic acids is 1. The fourth-order valence-electron chi connectivity index (χ4n) is 2.85. The lowest BCUT2D eigenvalue weighted by Crippen LogP contribution is -2.42. The Hall–Kier alpha value is -0.770. The van der Waals surface area contributed by atoms with Gasteiger partial charge in [0.2, 0.25) is 0 Å². The van der Waals surface area contributed by atoms with E-state index >= 15 is 0 Å². The predicted octanol–water partition coefficient (Wildman–Crippen LogP) is 1.54. The Morgan fingerprint density at radius 2 is 1.80 bits per heavy atom. The summed E-state index contributed by atoms with van der Waals surface area (Å²) in [7, 11) is 0. The minimum atomic E-state index is -0.399. The van der Waals surface area contributed by atoms with E-state index in [2.05, 4.69) is 0 Å². The van der Waals surface area contributed by atoms with Crippen molar-refractivity contribution >= 4 is 6.09 Å². The van der Waals surface area contributed by atoms with Crippen LogP contribution in [0.4, 0.5) is 4.79 Å². The lowest BCUT2D eigenvalue weighted by Gasteiger charge is -2.28. The van der Waals surface area contributed by atoms with Crippen molar-refractivity contribution < 1.29 is 14.3 Å². The van der Waals surface area contributed by atoms with Crippen LogP contribution in [0.5, 0.6) is 0 Å². The number of rotatable bonds is 0. The molecule has 4 atom stereocenters. The topological polar surface area (TPSA) is 42.1 Å². The Bertz CT molecular complexity index is 293. The van der Waals surface area contributed by atoms with E-state index in [0.717, 1.165) is 12.8 Å². The number of fused-ring (bicyclic) bond motifs is 5. The molecule has 0 saturated carbocycles. The molecule has 1 amide bonds.